The Morgan fingerprint density at radius 1 is 1.57 bits per heavy atom. The average Bonchev–Trinajstić information content (AvgIpc) is 1.65. The SMILES string of the molecule is CC(C=N)C(F)F. The summed E-state index contributed by atoms with van der Waals surface area (Å²) in [6.45, 7) is 1.30. The summed E-state index contributed by atoms with van der Waals surface area (Å²) in [5, 5.41) is 6.33. The van der Waals surface area contributed by atoms with Crippen LogP contribution in [0.1, 0.15) is 6.92 Å². The summed E-state index contributed by atoms with van der Waals surface area (Å²) in [6.07, 6.45) is -1.64. The lowest BCUT2D eigenvalue weighted by molar-refractivity contribution is 0.118. The first-order valence-corrected chi connectivity index (χ1v) is 1.97. The first-order valence-electron chi connectivity index (χ1n) is 1.97. The lowest BCUT2D eigenvalue weighted by atomic mass is 10.2. The van der Waals surface area contributed by atoms with Crippen molar-refractivity contribution in [2.45, 2.75) is 13.3 Å². The molecule has 0 saturated heterocycles. The van der Waals surface area contributed by atoms with E-state index in [9.17, 15) is 8.78 Å². The molecule has 0 amide bonds. The van der Waals surface area contributed by atoms with Crippen LogP contribution in [0.25, 0.3) is 0 Å². The molecule has 0 bridgehead atoms. The molecule has 0 fully saturated rings. The van der Waals surface area contributed by atoms with Gasteiger partial charge in [-0.15, -0.1) is 0 Å². The van der Waals surface area contributed by atoms with Crippen LogP contribution in [0.2, 0.25) is 0 Å². The summed E-state index contributed by atoms with van der Waals surface area (Å²) >= 11 is 0. The van der Waals surface area contributed by atoms with Gasteiger partial charge in [0.1, 0.15) is 0 Å². The standard InChI is InChI=1S/C4H7F2N/c1-3(2-7)4(5)6/h2-4,7H,1H3. The van der Waals surface area contributed by atoms with Crippen molar-refractivity contribution in [3.63, 3.8) is 0 Å². The van der Waals surface area contributed by atoms with Gasteiger partial charge in [-0.3, -0.25) is 0 Å². The van der Waals surface area contributed by atoms with E-state index in [1.807, 2.05) is 0 Å². The maximum atomic E-state index is 11.3. The van der Waals surface area contributed by atoms with Crippen molar-refractivity contribution in [3.05, 3.63) is 0 Å². The summed E-state index contributed by atoms with van der Waals surface area (Å²) < 4.78 is 22.6. The molecule has 0 aromatic heterocycles. The van der Waals surface area contributed by atoms with Gasteiger partial charge < -0.3 is 5.41 Å². The van der Waals surface area contributed by atoms with Gasteiger partial charge in [0, 0.05) is 6.21 Å². The van der Waals surface area contributed by atoms with Crippen LogP contribution in [0.15, 0.2) is 0 Å². The molecule has 3 heteroatoms. The Bertz CT molecular complexity index is 62.7. The zero-order valence-electron chi connectivity index (χ0n) is 3.99. The van der Waals surface area contributed by atoms with E-state index >= 15 is 0 Å². The fourth-order valence-electron chi connectivity index (χ4n) is 0.0727. The molecule has 1 N–H and O–H groups in total. The Kier molecular flexibility index (Phi) is 2.48. The summed E-state index contributed by atoms with van der Waals surface area (Å²) in [5.74, 6) is -0.889. The van der Waals surface area contributed by atoms with Gasteiger partial charge in [0.05, 0.1) is 5.92 Å². The topological polar surface area (TPSA) is 23.9 Å². The zero-order chi connectivity index (χ0) is 5.86. The molecule has 1 unspecified atom stereocenters. The van der Waals surface area contributed by atoms with E-state index in [-0.39, 0.29) is 0 Å². The number of hydrogen-bond acceptors (Lipinski definition) is 1. The smallest absolute Gasteiger partial charge is 0.246 e. The molecule has 0 aromatic carbocycles. The van der Waals surface area contributed by atoms with Gasteiger partial charge in [-0.1, -0.05) is 6.92 Å². The van der Waals surface area contributed by atoms with Crippen LogP contribution in [0, 0.1) is 11.3 Å². The molecule has 0 radical (unpaired) electrons. The molecule has 0 aliphatic heterocycles. The molecular formula is C4H7F2N. The van der Waals surface area contributed by atoms with E-state index in [0.717, 1.165) is 6.21 Å². The van der Waals surface area contributed by atoms with Crippen molar-refractivity contribution in [1.29, 1.82) is 5.41 Å². The van der Waals surface area contributed by atoms with Gasteiger partial charge in [-0.25, -0.2) is 8.78 Å². The first-order chi connectivity index (χ1) is 3.18. The molecule has 1 nitrogen and oxygen atoms in total. The Labute approximate surface area is 40.9 Å². The second-order valence-electron chi connectivity index (χ2n) is 1.36. The van der Waals surface area contributed by atoms with Crippen LogP contribution in [-0.4, -0.2) is 12.6 Å². The molecule has 42 valence electrons. The fraction of sp³-hybridized carbons (Fsp3) is 0.750. The predicted octanol–water partition coefficient (Wildman–Crippen LogP) is 1.54. The minimum atomic E-state index is -2.38. The minimum absolute atomic E-state index is 0.741. The number of hydrogen-bond donors (Lipinski definition) is 1. The van der Waals surface area contributed by atoms with Gasteiger partial charge in [0.15, 0.2) is 0 Å². The van der Waals surface area contributed by atoms with E-state index in [1.54, 1.807) is 0 Å². The number of nitrogens with one attached hydrogen (secondary N) is 1. The van der Waals surface area contributed by atoms with Crippen LogP contribution in [0.5, 0.6) is 0 Å². The van der Waals surface area contributed by atoms with Crippen molar-refractivity contribution < 1.29 is 8.78 Å². The normalized spacial score (nSPS) is 14.3. The first kappa shape index (κ1) is 6.53. The van der Waals surface area contributed by atoms with Crippen molar-refractivity contribution in [2.24, 2.45) is 5.92 Å². The maximum absolute atomic E-state index is 11.3. The molecule has 7 heavy (non-hydrogen) atoms. The quantitative estimate of drug-likeness (QED) is 0.517. The number of alkyl halides is 2. The van der Waals surface area contributed by atoms with Gasteiger partial charge in [-0.05, 0) is 0 Å². The van der Waals surface area contributed by atoms with Gasteiger partial charge in [-0.2, -0.15) is 0 Å². The molecule has 0 rings (SSSR count). The van der Waals surface area contributed by atoms with E-state index in [4.69, 9.17) is 5.41 Å². The Balaban J connectivity index is 3.33. The van der Waals surface area contributed by atoms with Crippen LogP contribution in [0.4, 0.5) is 8.78 Å². The highest BCUT2D eigenvalue weighted by molar-refractivity contribution is 5.56. The molecule has 0 aromatic rings. The number of rotatable bonds is 2. The lowest BCUT2D eigenvalue weighted by Gasteiger charge is -1.98. The van der Waals surface area contributed by atoms with Crippen molar-refractivity contribution in [3.8, 4) is 0 Å². The molecule has 0 heterocycles. The molecule has 1 atom stereocenters. The predicted molar refractivity (Wildman–Crippen MR) is 24.0 cm³/mol. The second kappa shape index (κ2) is 2.66. The second-order valence-corrected chi connectivity index (χ2v) is 1.36. The summed E-state index contributed by atoms with van der Waals surface area (Å²) in [6, 6.07) is 0. The Hall–Kier alpha value is -0.470. The van der Waals surface area contributed by atoms with Gasteiger partial charge >= 0.3 is 0 Å². The fourth-order valence-corrected chi connectivity index (χ4v) is 0.0727. The largest absolute Gasteiger partial charge is 0.313 e. The van der Waals surface area contributed by atoms with Crippen LogP contribution in [0.3, 0.4) is 0 Å². The van der Waals surface area contributed by atoms with E-state index in [1.165, 1.54) is 6.92 Å². The van der Waals surface area contributed by atoms with Crippen LogP contribution in [-0.2, 0) is 0 Å². The Morgan fingerprint density at radius 3 is 2.00 bits per heavy atom. The third-order valence-corrected chi connectivity index (χ3v) is 0.660. The van der Waals surface area contributed by atoms with E-state index in [0.29, 0.717) is 0 Å². The Morgan fingerprint density at radius 2 is 2.00 bits per heavy atom. The molecule has 0 saturated carbocycles. The third kappa shape index (κ3) is 2.25. The van der Waals surface area contributed by atoms with E-state index < -0.39 is 12.3 Å². The molecule has 0 aliphatic rings. The zero-order valence-corrected chi connectivity index (χ0v) is 3.99. The third-order valence-electron chi connectivity index (χ3n) is 0.660. The highest BCUT2D eigenvalue weighted by atomic mass is 19.3. The highest BCUT2D eigenvalue weighted by Gasteiger charge is 2.09. The monoisotopic (exact) mass is 107 g/mol. The van der Waals surface area contributed by atoms with Crippen molar-refractivity contribution >= 4 is 6.21 Å². The van der Waals surface area contributed by atoms with Gasteiger partial charge in [0.25, 0.3) is 0 Å². The molecule has 0 spiro atoms. The van der Waals surface area contributed by atoms with Crippen LogP contribution < -0.4 is 0 Å². The minimum Gasteiger partial charge on any atom is -0.313 e. The average molecular weight is 107 g/mol. The number of halogens is 2. The van der Waals surface area contributed by atoms with Crippen LogP contribution >= 0.6 is 0 Å². The molecule has 0 aliphatic carbocycles. The summed E-state index contributed by atoms with van der Waals surface area (Å²) in [4.78, 5) is 0. The summed E-state index contributed by atoms with van der Waals surface area (Å²) in [5.41, 5.74) is 0. The molecular weight excluding hydrogens is 100 g/mol. The van der Waals surface area contributed by atoms with Crippen molar-refractivity contribution in [1.82, 2.24) is 0 Å². The van der Waals surface area contributed by atoms with Crippen molar-refractivity contribution in [2.75, 3.05) is 0 Å². The van der Waals surface area contributed by atoms with Gasteiger partial charge in [0.2, 0.25) is 6.43 Å². The van der Waals surface area contributed by atoms with E-state index in [2.05, 4.69) is 0 Å². The summed E-state index contributed by atoms with van der Waals surface area (Å²) in [7, 11) is 0. The maximum Gasteiger partial charge on any atom is 0.246 e. The lowest BCUT2D eigenvalue weighted by Crippen LogP contribution is -2.06. The highest BCUT2D eigenvalue weighted by Crippen LogP contribution is 2.03.